The van der Waals surface area contributed by atoms with E-state index < -0.39 is 5.91 Å². The Morgan fingerprint density at radius 2 is 1.94 bits per heavy atom. The molecule has 1 aliphatic rings. The highest BCUT2D eigenvalue weighted by atomic mass is 35.5. The van der Waals surface area contributed by atoms with Crippen LogP contribution in [0, 0.1) is 18.3 Å². The van der Waals surface area contributed by atoms with Crippen molar-refractivity contribution in [2.45, 2.75) is 32.7 Å². The molecular formula is C22H24ClN5O3. The lowest BCUT2D eigenvalue weighted by Gasteiger charge is -2.14. The van der Waals surface area contributed by atoms with Crippen molar-refractivity contribution in [1.29, 1.82) is 5.26 Å². The monoisotopic (exact) mass is 441 g/mol. The maximum absolute atomic E-state index is 13.1. The molecule has 1 aliphatic heterocycles. The predicted molar refractivity (Wildman–Crippen MR) is 120 cm³/mol. The second-order valence-electron chi connectivity index (χ2n) is 7.50. The van der Waals surface area contributed by atoms with Crippen molar-refractivity contribution in [2.75, 3.05) is 25.0 Å². The van der Waals surface area contributed by atoms with Gasteiger partial charge in [-0.3, -0.25) is 14.2 Å². The molecule has 0 atom stereocenters. The molecule has 0 spiro atoms. The highest BCUT2D eigenvalue weighted by Crippen LogP contribution is 2.22. The van der Waals surface area contributed by atoms with E-state index in [1.807, 2.05) is 6.07 Å². The highest BCUT2D eigenvalue weighted by molar-refractivity contribution is 6.12. The minimum Gasteiger partial charge on any atom is -0.442 e. The smallest absolute Gasteiger partial charge is 0.265 e. The summed E-state index contributed by atoms with van der Waals surface area (Å²) in [6.07, 6.45) is 4.80. The Bertz CT molecular complexity index is 1170. The number of fused-ring (bicyclic) bond motifs is 1. The Labute approximate surface area is 185 Å². The zero-order valence-corrected chi connectivity index (χ0v) is 18.1. The minimum absolute atomic E-state index is 0. The number of aromatic nitrogens is 2. The Kier molecular flexibility index (Phi) is 7.10. The Morgan fingerprint density at radius 1 is 1.23 bits per heavy atom. The SMILES string of the molecule is Cc1oc2ncn(CCCN3CCCC3)c(=O)c2c1C(=O)Nc1ccc(C#N)cc1.Cl. The second-order valence-corrected chi connectivity index (χ2v) is 7.50. The summed E-state index contributed by atoms with van der Waals surface area (Å²) in [7, 11) is 0. The average Bonchev–Trinajstić information content (AvgIpc) is 3.37. The second kappa shape index (κ2) is 9.77. The fourth-order valence-electron chi connectivity index (χ4n) is 3.86. The largest absolute Gasteiger partial charge is 0.442 e. The standard InChI is InChI=1S/C22H23N5O3.ClH/c1-15-18(20(28)25-17-7-5-16(13-23)6-8-17)19-21(30-15)24-14-27(22(19)29)12-4-11-26-9-2-3-10-26;/h5-8,14H,2-4,9-12H2,1H3,(H,25,28);1H. The summed E-state index contributed by atoms with van der Waals surface area (Å²) in [6.45, 7) is 5.37. The van der Waals surface area contributed by atoms with E-state index in [0.717, 1.165) is 26.1 Å². The third-order valence-corrected chi connectivity index (χ3v) is 5.43. The molecule has 8 nitrogen and oxygen atoms in total. The van der Waals surface area contributed by atoms with Crippen molar-refractivity contribution in [3.05, 3.63) is 57.8 Å². The maximum Gasteiger partial charge on any atom is 0.265 e. The van der Waals surface area contributed by atoms with Crippen LogP contribution < -0.4 is 10.9 Å². The number of benzene rings is 1. The quantitative estimate of drug-likeness (QED) is 0.629. The van der Waals surface area contributed by atoms with E-state index >= 15 is 0 Å². The number of aryl methyl sites for hydroxylation is 2. The van der Waals surface area contributed by atoms with Gasteiger partial charge in [-0.15, -0.1) is 12.4 Å². The van der Waals surface area contributed by atoms with Gasteiger partial charge in [0.2, 0.25) is 5.71 Å². The van der Waals surface area contributed by atoms with Crippen LogP contribution in [-0.4, -0.2) is 40.0 Å². The van der Waals surface area contributed by atoms with Gasteiger partial charge in [0, 0.05) is 12.2 Å². The first-order valence-electron chi connectivity index (χ1n) is 10.1. The van der Waals surface area contributed by atoms with E-state index in [0.29, 0.717) is 23.6 Å². The molecule has 1 N–H and O–H groups in total. The van der Waals surface area contributed by atoms with Crippen molar-refractivity contribution >= 4 is 35.1 Å². The van der Waals surface area contributed by atoms with Gasteiger partial charge in [-0.1, -0.05) is 0 Å². The average molecular weight is 442 g/mol. The van der Waals surface area contributed by atoms with Crippen molar-refractivity contribution in [2.24, 2.45) is 0 Å². The molecule has 1 saturated heterocycles. The number of carbonyl (C=O) groups excluding carboxylic acids is 1. The highest BCUT2D eigenvalue weighted by Gasteiger charge is 2.23. The number of hydrogen-bond donors (Lipinski definition) is 1. The molecule has 1 fully saturated rings. The van der Waals surface area contributed by atoms with E-state index in [2.05, 4.69) is 15.2 Å². The number of likely N-dealkylation sites (tertiary alicyclic amines) is 1. The molecule has 0 bridgehead atoms. The number of rotatable bonds is 6. The number of halogens is 1. The molecule has 0 aliphatic carbocycles. The lowest BCUT2D eigenvalue weighted by molar-refractivity contribution is 0.102. The van der Waals surface area contributed by atoms with E-state index in [1.165, 1.54) is 19.2 Å². The molecule has 162 valence electrons. The van der Waals surface area contributed by atoms with Crippen LogP contribution in [0.3, 0.4) is 0 Å². The normalized spacial score (nSPS) is 13.7. The molecule has 4 rings (SSSR count). The van der Waals surface area contributed by atoms with Gasteiger partial charge in [-0.25, -0.2) is 4.98 Å². The summed E-state index contributed by atoms with van der Waals surface area (Å²) in [5, 5.41) is 11.9. The molecular weight excluding hydrogens is 418 g/mol. The van der Waals surface area contributed by atoms with Crippen LogP contribution in [0.1, 0.15) is 40.9 Å². The van der Waals surface area contributed by atoms with Crippen LogP contribution in [0.5, 0.6) is 0 Å². The molecule has 0 unspecified atom stereocenters. The topological polar surface area (TPSA) is 104 Å². The van der Waals surface area contributed by atoms with Gasteiger partial charge in [0.15, 0.2) is 0 Å². The summed E-state index contributed by atoms with van der Waals surface area (Å²) in [5.74, 6) is -0.0970. The van der Waals surface area contributed by atoms with Crippen LogP contribution in [-0.2, 0) is 6.54 Å². The zero-order chi connectivity index (χ0) is 21.1. The van der Waals surface area contributed by atoms with Crippen LogP contribution in [0.15, 0.2) is 39.8 Å². The van der Waals surface area contributed by atoms with Gasteiger partial charge in [0.1, 0.15) is 17.5 Å². The first kappa shape index (κ1) is 22.5. The lowest BCUT2D eigenvalue weighted by atomic mass is 10.1. The van der Waals surface area contributed by atoms with E-state index in [1.54, 1.807) is 35.8 Å². The third-order valence-electron chi connectivity index (χ3n) is 5.43. The number of nitriles is 1. The first-order valence-corrected chi connectivity index (χ1v) is 10.1. The van der Waals surface area contributed by atoms with Gasteiger partial charge in [0.25, 0.3) is 11.5 Å². The van der Waals surface area contributed by atoms with Gasteiger partial charge < -0.3 is 14.6 Å². The Hall–Kier alpha value is -3.15. The third kappa shape index (κ3) is 4.79. The zero-order valence-electron chi connectivity index (χ0n) is 17.3. The lowest BCUT2D eigenvalue weighted by Crippen LogP contribution is -2.26. The number of carbonyl (C=O) groups is 1. The Morgan fingerprint density at radius 3 is 2.61 bits per heavy atom. The van der Waals surface area contributed by atoms with Crippen LogP contribution in [0.4, 0.5) is 5.69 Å². The predicted octanol–water partition coefficient (Wildman–Crippen LogP) is 3.33. The van der Waals surface area contributed by atoms with Crippen molar-refractivity contribution in [3.63, 3.8) is 0 Å². The number of furan rings is 1. The molecule has 3 aromatic rings. The molecule has 0 saturated carbocycles. The molecule has 9 heteroatoms. The molecule has 1 aromatic carbocycles. The summed E-state index contributed by atoms with van der Waals surface area (Å²) < 4.78 is 7.13. The number of nitrogens with zero attached hydrogens (tertiary/aromatic N) is 4. The molecule has 1 amide bonds. The number of hydrogen-bond acceptors (Lipinski definition) is 6. The minimum atomic E-state index is -0.440. The first-order chi connectivity index (χ1) is 14.6. The molecule has 2 aromatic heterocycles. The molecule has 3 heterocycles. The van der Waals surface area contributed by atoms with E-state index in [-0.39, 0.29) is 34.6 Å². The van der Waals surface area contributed by atoms with Crippen LogP contribution in [0.2, 0.25) is 0 Å². The van der Waals surface area contributed by atoms with Crippen LogP contribution in [0.25, 0.3) is 11.1 Å². The fraction of sp³-hybridized carbons (Fsp3) is 0.364. The maximum atomic E-state index is 13.1. The number of amides is 1. The van der Waals surface area contributed by atoms with Crippen molar-refractivity contribution in [3.8, 4) is 6.07 Å². The van der Waals surface area contributed by atoms with E-state index in [9.17, 15) is 9.59 Å². The van der Waals surface area contributed by atoms with Gasteiger partial charge in [-0.2, -0.15) is 5.26 Å². The number of nitrogens with one attached hydrogen (secondary N) is 1. The molecule has 31 heavy (non-hydrogen) atoms. The van der Waals surface area contributed by atoms with Crippen LogP contribution >= 0.6 is 12.4 Å². The summed E-state index contributed by atoms with van der Waals surface area (Å²) in [4.78, 5) is 32.6. The molecule has 0 radical (unpaired) electrons. The fourth-order valence-corrected chi connectivity index (χ4v) is 3.86. The van der Waals surface area contributed by atoms with Crippen molar-refractivity contribution in [1.82, 2.24) is 14.5 Å². The summed E-state index contributed by atoms with van der Waals surface area (Å²) in [6, 6.07) is 8.55. The van der Waals surface area contributed by atoms with Crippen molar-refractivity contribution < 1.29 is 9.21 Å². The number of anilines is 1. The Balaban J connectivity index is 0.00000272. The van der Waals surface area contributed by atoms with Gasteiger partial charge in [-0.05, 0) is 70.1 Å². The van der Waals surface area contributed by atoms with Gasteiger partial charge in [0.05, 0.1) is 17.2 Å². The van der Waals surface area contributed by atoms with Gasteiger partial charge >= 0.3 is 0 Å². The summed E-state index contributed by atoms with van der Waals surface area (Å²) >= 11 is 0. The van der Waals surface area contributed by atoms with E-state index in [4.69, 9.17) is 9.68 Å². The summed E-state index contributed by atoms with van der Waals surface area (Å²) in [5.41, 5.74) is 1.11.